The van der Waals surface area contributed by atoms with Crippen molar-refractivity contribution in [1.29, 1.82) is 0 Å². The molecule has 0 saturated heterocycles. The van der Waals surface area contributed by atoms with E-state index in [1.807, 2.05) is 6.92 Å². The Labute approximate surface area is 87.7 Å². The summed E-state index contributed by atoms with van der Waals surface area (Å²) < 4.78 is 9.13. The minimum absolute atomic E-state index is 0.296. The average molecular weight is 214 g/mol. The van der Waals surface area contributed by atoms with Crippen molar-refractivity contribution in [2.75, 3.05) is 14.2 Å². The predicted molar refractivity (Wildman–Crippen MR) is 49.8 cm³/mol. The van der Waals surface area contributed by atoms with Crippen LogP contribution < -0.4 is 0 Å². The lowest BCUT2D eigenvalue weighted by Crippen LogP contribution is -2.32. The molecule has 2 unspecified atom stereocenters. The van der Waals surface area contributed by atoms with Crippen LogP contribution in [0, 0.1) is 17.3 Å². The summed E-state index contributed by atoms with van der Waals surface area (Å²) in [5.41, 5.74) is -1.39. The molecule has 0 aliphatic heterocycles. The number of rotatable bonds is 4. The van der Waals surface area contributed by atoms with Gasteiger partial charge in [0.1, 0.15) is 6.29 Å². The molecule has 0 N–H and O–H groups in total. The van der Waals surface area contributed by atoms with Gasteiger partial charge in [-0.1, -0.05) is 13.3 Å². The molecule has 1 saturated carbocycles. The first-order valence-corrected chi connectivity index (χ1v) is 4.73. The highest BCUT2D eigenvalue weighted by molar-refractivity contribution is 6.07. The van der Waals surface area contributed by atoms with Gasteiger partial charge in [-0.3, -0.25) is 9.59 Å². The Hall–Kier alpha value is -1.39. The molecule has 0 heterocycles. The van der Waals surface area contributed by atoms with E-state index < -0.39 is 23.3 Å². The van der Waals surface area contributed by atoms with Crippen LogP contribution in [0.2, 0.25) is 0 Å². The normalized spacial score (nSPS) is 26.6. The molecule has 0 radical (unpaired) electrons. The van der Waals surface area contributed by atoms with Gasteiger partial charge < -0.3 is 14.3 Å². The molecule has 15 heavy (non-hydrogen) atoms. The molecule has 1 aliphatic rings. The quantitative estimate of drug-likeness (QED) is 0.379. The van der Waals surface area contributed by atoms with Crippen LogP contribution in [0.1, 0.15) is 13.3 Å². The van der Waals surface area contributed by atoms with Crippen molar-refractivity contribution in [1.82, 2.24) is 0 Å². The van der Waals surface area contributed by atoms with Crippen LogP contribution >= 0.6 is 0 Å². The molecule has 5 nitrogen and oxygen atoms in total. The molecule has 0 aromatic heterocycles. The van der Waals surface area contributed by atoms with Crippen molar-refractivity contribution in [2.24, 2.45) is 17.3 Å². The molecule has 5 heteroatoms. The third-order valence-electron chi connectivity index (χ3n) is 3.07. The van der Waals surface area contributed by atoms with Crippen molar-refractivity contribution in [3.63, 3.8) is 0 Å². The summed E-state index contributed by atoms with van der Waals surface area (Å²) in [5.74, 6) is -2.27. The van der Waals surface area contributed by atoms with E-state index in [0.29, 0.717) is 12.7 Å². The van der Waals surface area contributed by atoms with E-state index in [2.05, 4.69) is 9.47 Å². The summed E-state index contributed by atoms with van der Waals surface area (Å²) >= 11 is 0. The standard InChI is InChI=1S/C10H14O5/c1-4-6-7(5-11)10(6,8(12)14-2)9(13)15-3/h5-7H,4H2,1-3H3. The van der Waals surface area contributed by atoms with Crippen LogP contribution in [-0.2, 0) is 23.9 Å². The molecule has 0 amide bonds. The summed E-state index contributed by atoms with van der Waals surface area (Å²) in [6.45, 7) is 1.81. The summed E-state index contributed by atoms with van der Waals surface area (Å²) in [5, 5.41) is 0. The van der Waals surface area contributed by atoms with Gasteiger partial charge >= 0.3 is 11.9 Å². The third kappa shape index (κ3) is 1.33. The molecule has 2 atom stereocenters. The van der Waals surface area contributed by atoms with Crippen molar-refractivity contribution in [3.8, 4) is 0 Å². The Morgan fingerprint density at radius 2 is 1.73 bits per heavy atom. The maximum absolute atomic E-state index is 11.6. The fourth-order valence-corrected chi connectivity index (χ4v) is 2.26. The van der Waals surface area contributed by atoms with Gasteiger partial charge in [-0.05, 0) is 5.92 Å². The van der Waals surface area contributed by atoms with E-state index in [9.17, 15) is 14.4 Å². The second kappa shape index (κ2) is 4.00. The van der Waals surface area contributed by atoms with Crippen LogP contribution in [0.4, 0.5) is 0 Å². The average Bonchev–Trinajstić information content (AvgIpc) is 2.95. The lowest BCUT2D eigenvalue weighted by Gasteiger charge is -2.11. The van der Waals surface area contributed by atoms with Crippen LogP contribution in [0.15, 0.2) is 0 Å². The van der Waals surface area contributed by atoms with E-state index in [1.165, 1.54) is 14.2 Å². The Morgan fingerprint density at radius 3 is 1.93 bits per heavy atom. The van der Waals surface area contributed by atoms with Gasteiger partial charge in [-0.15, -0.1) is 0 Å². The molecule has 0 bridgehead atoms. The number of carbonyl (C=O) groups excluding carboxylic acids is 3. The van der Waals surface area contributed by atoms with Crippen LogP contribution in [-0.4, -0.2) is 32.4 Å². The van der Waals surface area contributed by atoms with Crippen LogP contribution in [0.3, 0.4) is 0 Å². The Kier molecular flexibility index (Phi) is 3.12. The second-order valence-electron chi connectivity index (χ2n) is 3.53. The summed E-state index contributed by atoms with van der Waals surface area (Å²) in [6.07, 6.45) is 1.19. The van der Waals surface area contributed by atoms with Gasteiger partial charge in [-0.2, -0.15) is 0 Å². The lowest BCUT2D eigenvalue weighted by molar-refractivity contribution is -0.163. The number of hydrogen-bond donors (Lipinski definition) is 0. The van der Waals surface area contributed by atoms with Gasteiger partial charge in [0.2, 0.25) is 0 Å². The third-order valence-corrected chi connectivity index (χ3v) is 3.07. The number of ether oxygens (including phenoxy) is 2. The van der Waals surface area contributed by atoms with Crippen molar-refractivity contribution in [2.45, 2.75) is 13.3 Å². The fraction of sp³-hybridized carbons (Fsp3) is 0.700. The maximum Gasteiger partial charge on any atom is 0.324 e. The Morgan fingerprint density at radius 1 is 1.27 bits per heavy atom. The van der Waals surface area contributed by atoms with E-state index in [4.69, 9.17) is 0 Å². The minimum atomic E-state index is -1.39. The Balaban J connectivity index is 3.05. The van der Waals surface area contributed by atoms with E-state index in [0.717, 1.165) is 0 Å². The first-order valence-electron chi connectivity index (χ1n) is 4.73. The number of aldehydes is 1. The SMILES string of the molecule is CCC1C(C=O)C1(C(=O)OC)C(=O)OC. The zero-order valence-electron chi connectivity index (χ0n) is 8.98. The molecule has 84 valence electrons. The monoisotopic (exact) mass is 214 g/mol. The maximum atomic E-state index is 11.6. The van der Waals surface area contributed by atoms with Crippen LogP contribution in [0.5, 0.6) is 0 Å². The Bertz CT molecular complexity index is 280. The zero-order valence-corrected chi connectivity index (χ0v) is 8.98. The van der Waals surface area contributed by atoms with Gasteiger partial charge in [0.25, 0.3) is 0 Å². The van der Waals surface area contributed by atoms with Gasteiger partial charge in [0, 0.05) is 5.92 Å². The minimum Gasteiger partial charge on any atom is -0.468 e. The predicted octanol–water partition coefficient (Wildman–Crippen LogP) is 0.174. The molecule has 0 aromatic carbocycles. The van der Waals surface area contributed by atoms with E-state index in [-0.39, 0.29) is 5.92 Å². The number of carbonyl (C=O) groups is 3. The molecule has 0 spiro atoms. The topological polar surface area (TPSA) is 69.7 Å². The molecule has 1 rings (SSSR count). The zero-order chi connectivity index (χ0) is 11.6. The number of methoxy groups -OCH3 is 2. The first kappa shape index (κ1) is 11.7. The van der Waals surface area contributed by atoms with E-state index >= 15 is 0 Å². The fourth-order valence-electron chi connectivity index (χ4n) is 2.26. The summed E-state index contributed by atoms with van der Waals surface area (Å²) in [4.78, 5) is 33.9. The summed E-state index contributed by atoms with van der Waals surface area (Å²) in [6, 6.07) is 0. The molecule has 1 aliphatic carbocycles. The highest BCUT2D eigenvalue weighted by atomic mass is 16.5. The highest BCUT2D eigenvalue weighted by Gasteiger charge is 2.75. The largest absolute Gasteiger partial charge is 0.468 e. The van der Waals surface area contributed by atoms with E-state index in [1.54, 1.807) is 0 Å². The van der Waals surface area contributed by atoms with Crippen molar-refractivity contribution < 1.29 is 23.9 Å². The number of esters is 2. The molecular weight excluding hydrogens is 200 g/mol. The first-order chi connectivity index (χ1) is 7.10. The summed E-state index contributed by atoms with van der Waals surface area (Å²) in [7, 11) is 2.39. The second-order valence-corrected chi connectivity index (χ2v) is 3.53. The highest BCUT2D eigenvalue weighted by Crippen LogP contribution is 2.60. The van der Waals surface area contributed by atoms with Crippen molar-refractivity contribution >= 4 is 18.2 Å². The smallest absolute Gasteiger partial charge is 0.324 e. The molecule has 1 fully saturated rings. The lowest BCUT2D eigenvalue weighted by atomic mass is 10.0. The van der Waals surface area contributed by atoms with Gasteiger partial charge in [0.05, 0.1) is 14.2 Å². The van der Waals surface area contributed by atoms with Gasteiger partial charge in [-0.25, -0.2) is 0 Å². The molecule has 0 aromatic rings. The number of hydrogen-bond acceptors (Lipinski definition) is 5. The van der Waals surface area contributed by atoms with Crippen molar-refractivity contribution in [3.05, 3.63) is 0 Å². The molecular formula is C10H14O5. The van der Waals surface area contributed by atoms with Gasteiger partial charge in [0.15, 0.2) is 5.41 Å². The van der Waals surface area contributed by atoms with Crippen LogP contribution in [0.25, 0.3) is 0 Å².